The Kier molecular flexibility index (Phi) is 7.27. The van der Waals surface area contributed by atoms with E-state index >= 15 is 0 Å². The molecule has 1 aliphatic carbocycles. The highest BCUT2D eigenvalue weighted by Crippen LogP contribution is 2.45. The van der Waals surface area contributed by atoms with Crippen molar-refractivity contribution in [1.29, 1.82) is 0 Å². The molecule has 1 atom stereocenters. The van der Waals surface area contributed by atoms with Crippen LogP contribution in [0.3, 0.4) is 0 Å². The number of carbonyl (C=O) groups excluding carboxylic acids is 2. The predicted molar refractivity (Wildman–Crippen MR) is 173 cm³/mol. The molecule has 11 heteroatoms. The molecule has 0 bridgehead atoms. The maximum Gasteiger partial charge on any atom is 0.271 e. The molecule has 2 amide bonds. The largest absolute Gasteiger partial charge is 0.476 e. The van der Waals surface area contributed by atoms with Crippen LogP contribution >= 0.6 is 11.6 Å². The summed E-state index contributed by atoms with van der Waals surface area (Å²) >= 11 is 6.04. The van der Waals surface area contributed by atoms with Gasteiger partial charge in [0, 0.05) is 11.8 Å². The van der Waals surface area contributed by atoms with Gasteiger partial charge in [-0.25, -0.2) is 9.37 Å². The van der Waals surface area contributed by atoms with Crippen molar-refractivity contribution < 1.29 is 18.7 Å². The van der Waals surface area contributed by atoms with E-state index in [0.717, 1.165) is 23.9 Å². The summed E-state index contributed by atoms with van der Waals surface area (Å²) in [6.07, 6.45) is 7.36. The molecule has 0 saturated heterocycles. The van der Waals surface area contributed by atoms with Crippen LogP contribution < -0.4 is 15.4 Å². The van der Waals surface area contributed by atoms with Crippen LogP contribution in [0, 0.1) is 11.7 Å². The van der Waals surface area contributed by atoms with Crippen LogP contribution in [0.1, 0.15) is 67.0 Å². The number of nitrogens with two attached hydrogens (primary N) is 1. The monoisotopic (exact) mass is 638 g/mol. The van der Waals surface area contributed by atoms with E-state index in [2.05, 4.69) is 9.97 Å². The SMILES string of the molecule is CC(c1ccc(F)cn1)n1cnc2c(-c3ccc4c(c3)OC(C)(C)C(=O)N4Cc3ccc(Cl)cn3)c(C(N)=O)c(CC3CC3)cc21. The number of rotatable bonds is 8. The number of benzene rings is 2. The summed E-state index contributed by atoms with van der Waals surface area (Å²) in [4.78, 5) is 41.9. The molecule has 0 radical (unpaired) electrons. The lowest BCUT2D eigenvalue weighted by molar-refractivity contribution is -0.132. The third-order valence-electron chi connectivity index (χ3n) is 8.77. The minimum absolute atomic E-state index is 0.210. The van der Waals surface area contributed by atoms with Gasteiger partial charge in [-0.15, -0.1) is 0 Å². The van der Waals surface area contributed by atoms with Gasteiger partial charge >= 0.3 is 0 Å². The second-order valence-corrected chi connectivity index (χ2v) is 13.0. The van der Waals surface area contributed by atoms with Crippen LogP contribution in [0.15, 0.2) is 67.3 Å². The molecular formula is C35H32ClFN6O3. The number of amides is 2. The Morgan fingerprint density at radius 2 is 1.91 bits per heavy atom. The van der Waals surface area contributed by atoms with Crippen molar-refractivity contribution in [3.63, 3.8) is 0 Å². The van der Waals surface area contributed by atoms with Gasteiger partial charge in [0.05, 0.1) is 63.8 Å². The number of carbonyl (C=O) groups is 2. The number of nitrogens with zero attached hydrogens (tertiary/aromatic N) is 5. The van der Waals surface area contributed by atoms with Crippen molar-refractivity contribution in [1.82, 2.24) is 19.5 Å². The zero-order valence-electron chi connectivity index (χ0n) is 25.6. The Hall–Kier alpha value is -4.83. The first-order chi connectivity index (χ1) is 22.0. The molecule has 2 N–H and O–H groups in total. The molecule has 7 rings (SSSR count). The van der Waals surface area contributed by atoms with Crippen molar-refractivity contribution in [3.8, 4) is 16.9 Å². The molecule has 1 saturated carbocycles. The van der Waals surface area contributed by atoms with Crippen molar-refractivity contribution in [2.45, 2.75) is 58.2 Å². The Balaban J connectivity index is 1.39. The molecule has 2 aromatic carbocycles. The van der Waals surface area contributed by atoms with Crippen molar-refractivity contribution >= 4 is 40.1 Å². The summed E-state index contributed by atoms with van der Waals surface area (Å²) in [6.45, 7) is 5.65. The molecule has 46 heavy (non-hydrogen) atoms. The second kappa shape index (κ2) is 11.2. The van der Waals surface area contributed by atoms with E-state index in [9.17, 15) is 14.0 Å². The predicted octanol–water partition coefficient (Wildman–Crippen LogP) is 6.65. The van der Waals surface area contributed by atoms with E-state index in [4.69, 9.17) is 27.1 Å². The minimum Gasteiger partial charge on any atom is -0.476 e. The van der Waals surface area contributed by atoms with Crippen LogP contribution in [-0.2, 0) is 17.8 Å². The molecule has 3 aromatic heterocycles. The standard InChI is InChI=1S/C35H32ClFN6O3/c1-19(26-10-8-24(37)16-40-26)43-18-41-32-28(43)13-22(12-20-4-5-20)31(33(38)44)30(32)21-6-11-27-29(14-21)46-35(2,3)34(45)42(27)17-25-9-7-23(36)15-39-25/h6-11,13-16,18-20H,4-5,12,17H2,1-3H3,(H2,38,44). The topological polar surface area (TPSA) is 116 Å². The minimum atomic E-state index is -1.16. The molecule has 5 aromatic rings. The highest BCUT2D eigenvalue weighted by atomic mass is 35.5. The molecule has 1 fully saturated rings. The Morgan fingerprint density at radius 3 is 2.59 bits per heavy atom. The summed E-state index contributed by atoms with van der Waals surface area (Å²) in [5, 5.41) is 0.508. The first kappa shape index (κ1) is 29.9. The van der Waals surface area contributed by atoms with Gasteiger partial charge in [0.2, 0.25) is 5.91 Å². The summed E-state index contributed by atoms with van der Waals surface area (Å²) < 4.78 is 21.9. The van der Waals surface area contributed by atoms with Crippen LogP contribution in [0.5, 0.6) is 5.75 Å². The zero-order valence-corrected chi connectivity index (χ0v) is 26.4. The fraction of sp³-hybridized carbons (Fsp3) is 0.286. The smallest absolute Gasteiger partial charge is 0.271 e. The van der Waals surface area contributed by atoms with Crippen LogP contribution in [-0.4, -0.2) is 36.9 Å². The van der Waals surface area contributed by atoms with Crippen LogP contribution in [0.25, 0.3) is 22.2 Å². The van der Waals surface area contributed by atoms with Gasteiger partial charge in [-0.2, -0.15) is 0 Å². The van der Waals surface area contributed by atoms with E-state index in [0.29, 0.717) is 62.4 Å². The summed E-state index contributed by atoms with van der Waals surface area (Å²) in [7, 11) is 0. The Labute approximate surface area is 270 Å². The number of hydrogen-bond acceptors (Lipinski definition) is 6. The van der Waals surface area contributed by atoms with E-state index in [1.54, 1.807) is 49.5 Å². The lowest BCUT2D eigenvalue weighted by Crippen LogP contribution is -2.52. The van der Waals surface area contributed by atoms with Crippen molar-refractivity contribution in [3.05, 3.63) is 101 Å². The van der Waals surface area contributed by atoms with E-state index in [1.165, 1.54) is 12.3 Å². The summed E-state index contributed by atoms with van der Waals surface area (Å²) in [5.41, 5.74) is 10.8. The maximum atomic E-state index is 13.7. The first-order valence-electron chi connectivity index (χ1n) is 15.2. The quantitative estimate of drug-likeness (QED) is 0.203. The number of imidazole rings is 1. The third-order valence-corrected chi connectivity index (χ3v) is 9.00. The normalized spacial score (nSPS) is 16.3. The number of primary amides is 1. The van der Waals surface area contributed by atoms with E-state index < -0.39 is 17.3 Å². The number of anilines is 1. The zero-order chi connectivity index (χ0) is 32.3. The van der Waals surface area contributed by atoms with Gasteiger partial charge in [-0.1, -0.05) is 17.7 Å². The fourth-order valence-electron chi connectivity index (χ4n) is 6.21. The summed E-state index contributed by atoms with van der Waals surface area (Å²) in [5.74, 6) is -0.201. The highest BCUT2D eigenvalue weighted by molar-refractivity contribution is 6.30. The number of fused-ring (bicyclic) bond motifs is 2. The van der Waals surface area contributed by atoms with Gasteiger partial charge in [0.25, 0.3) is 5.91 Å². The van der Waals surface area contributed by atoms with Gasteiger partial charge in [0.15, 0.2) is 5.60 Å². The van der Waals surface area contributed by atoms with Gasteiger partial charge in [0.1, 0.15) is 11.6 Å². The number of ether oxygens (including phenoxy) is 1. The van der Waals surface area contributed by atoms with Crippen LogP contribution in [0.2, 0.25) is 5.02 Å². The number of pyridine rings is 2. The summed E-state index contributed by atoms with van der Waals surface area (Å²) in [6, 6.07) is 13.8. The Morgan fingerprint density at radius 1 is 1.11 bits per heavy atom. The second-order valence-electron chi connectivity index (χ2n) is 12.5. The van der Waals surface area contributed by atoms with E-state index in [-0.39, 0.29) is 18.5 Å². The van der Waals surface area contributed by atoms with Gasteiger partial charge < -0.3 is 15.0 Å². The molecule has 0 spiro atoms. The molecule has 4 heterocycles. The molecular weight excluding hydrogens is 607 g/mol. The molecule has 1 unspecified atom stereocenters. The number of aromatic nitrogens is 4. The average molecular weight is 639 g/mol. The average Bonchev–Trinajstić information content (AvgIpc) is 3.74. The number of hydrogen-bond donors (Lipinski definition) is 1. The first-order valence-corrected chi connectivity index (χ1v) is 15.6. The molecule has 1 aliphatic heterocycles. The van der Waals surface area contributed by atoms with Gasteiger partial charge in [-0.05, 0) is 99.5 Å². The van der Waals surface area contributed by atoms with Gasteiger partial charge in [-0.3, -0.25) is 24.5 Å². The van der Waals surface area contributed by atoms with Crippen molar-refractivity contribution in [2.75, 3.05) is 4.90 Å². The maximum absolute atomic E-state index is 13.7. The molecule has 2 aliphatic rings. The van der Waals surface area contributed by atoms with Crippen molar-refractivity contribution in [2.24, 2.45) is 11.7 Å². The lowest BCUT2D eigenvalue weighted by atomic mass is 9.90. The highest BCUT2D eigenvalue weighted by Gasteiger charge is 2.41. The fourth-order valence-corrected chi connectivity index (χ4v) is 6.32. The van der Waals surface area contributed by atoms with Crippen LogP contribution in [0.4, 0.5) is 10.1 Å². The molecule has 234 valence electrons. The Bertz CT molecular complexity index is 2000. The molecule has 9 nitrogen and oxygen atoms in total. The number of halogens is 2. The third kappa shape index (κ3) is 5.36. The van der Waals surface area contributed by atoms with E-state index in [1.807, 2.05) is 35.8 Å². The lowest BCUT2D eigenvalue weighted by Gasteiger charge is -2.39.